The Morgan fingerprint density at radius 2 is 1.44 bits per heavy atom. The number of benzene rings is 3. The van der Waals surface area contributed by atoms with Crippen LogP contribution in [0.4, 0.5) is 26.3 Å². The maximum Gasteiger partial charge on any atom is 0.430 e. The number of amides is 1. The SMILES string of the molecule is N#Cc1ccc(CC(=O)N2C[C@@H](Cc3ccccc3)[C@H](c3ccc(C(O)(C(F)(F)F)C(F)(F)F)cc3)C2)cc1. The first-order valence-corrected chi connectivity index (χ1v) is 12.1. The molecule has 0 spiro atoms. The van der Waals surface area contributed by atoms with Gasteiger partial charge in [-0.2, -0.15) is 31.6 Å². The van der Waals surface area contributed by atoms with E-state index < -0.39 is 23.5 Å². The molecule has 0 radical (unpaired) electrons. The molecule has 3 aromatic rings. The summed E-state index contributed by atoms with van der Waals surface area (Å²) in [7, 11) is 0. The van der Waals surface area contributed by atoms with E-state index in [1.54, 1.807) is 29.2 Å². The molecule has 1 aliphatic rings. The molecule has 2 atom stereocenters. The second kappa shape index (κ2) is 10.7. The fourth-order valence-electron chi connectivity index (χ4n) is 5.02. The van der Waals surface area contributed by atoms with Crippen molar-refractivity contribution >= 4 is 5.91 Å². The summed E-state index contributed by atoms with van der Waals surface area (Å²) in [5, 5.41) is 18.7. The molecule has 1 N–H and O–H groups in total. The summed E-state index contributed by atoms with van der Waals surface area (Å²) in [6.07, 6.45) is -11.3. The van der Waals surface area contributed by atoms with E-state index in [0.717, 1.165) is 17.7 Å². The molecule has 0 unspecified atom stereocenters. The molecule has 0 saturated carbocycles. The van der Waals surface area contributed by atoms with Gasteiger partial charge in [-0.3, -0.25) is 4.79 Å². The molecule has 1 fully saturated rings. The van der Waals surface area contributed by atoms with Crippen molar-refractivity contribution < 1.29 is 36.2 Å². The lowest BCUT2D eigenvalue weighted by Crippen LogP contribution is -2.53. The van der Waals surface area contributed by atoms with Gasteiger partial charge >= 0.3 is 12.4 Å². The molecule has 4 rings (SSSR count). The molecule has 4 nitrogen and oxygen atoms in total. The molecule has 0 aliphatic carbocycles. The molecule has 1 amide bonds. The smallest absolute Gasteiger partial charge is 0.369 e. The summed E-state index contributed by atoms with van der Waals surface area (Å²) < 4.78 is 79.9. The lowest BCUT2D eigenvalue weighted by Gasteiger charge is -2.33. The molecule has 204 valence electrons. The van der Waals surface area contributed by atoms with Crippen LogP contribution in [0.3, 0.4) is 0 Å². The van der Waals surface area contributed by atoms with E-state index in [-0.39, 0.29) is 30.7 Å². The Hall–Kier alpha value is -3.84. The van der Waals surface area contributed by atoms with Gasteiger partial charge < -0.3 is 10.0 Å². The van der Waals surface area contributed by atoms with Crippen molar-refractivity contribution in [1.82, 2.24) is 4.90 Å². The predicted octanol–water partition coefficient (Wildman–Crippen LogP) is 5.90. The molecule has 39 heavy (non-hydrogen) atoms. The molecule has 1 aliphatic heterocycles. The number of nitriles is 1. The zero-order valence-corrected chi connectivity index (χ0v) is 20.5. The van der Waals surface area contributed by atoms with Crippen LogP contribution in [0.2, 0.25) is 0 Å². The van der Waals surface area contributed by atoms with E-state index in [4.69, 9.17) is 5.26 Å². The van der Waals surface area contributed by atoms with Crippen LogP contribution in [0, 0.1) is 17.2 Å². The Balaban J connectivity index is 1.60. The number of hydrogen-bond donors (Lipinski definition) is 1. The topological polar surface area (TPSA) is 64.3 Å². The summed E-state index contributed by atoms with van der Waals surface area (Å²) >= 11 is 0. The zero-order chi connectivity index (χ0) is 28.4. The molecular formula is C29H24F6N2O2. The van der Waals surface area contributed by atoms with Gasteiger partial charge in [-0.1, -0.05) is 66.7 Å². The van der Waals surface area contributed by atoms with Gasteiger partial charge in [0.1, 0.15) is 0 Å². The lowest BCUT2D eigenvalue weighted by atomic mass is 9.83. The number of hydrogen-bond acceptors (Lipinski definition) is 3. The molecular weight excluding hydrogens is 522 g/mol. The zero-order valence-electron chi connectivity index (χ0n) is 20.5. The average Bonchev–Trinajstić information content (AvgIpc) is 3.32. The number of carbonyl (C=O) groups is 1. The van der Waals surface area contributed by atoms with Crippen molar-refractivity contribution in [3.63, 3.8) is 0 Å². The van der Waals surface area contributed by atoms with Crippen LogP contribution >= 0.6 is 0 Å². The Labute approximate surface area is 221 Å². The van der Waals surface area contributed by atoms with Gasteiger partial charge in [0.25, 0.3) is 5.60 Å². The minimum Gasteiger partial charge on any atom is -0.369 e. The van der Waals surface area contributed by atoms with E-state index in [2.05, 4.69) is 0 Å². The van der Waals surface area contributed by atoms with Gasteiger partial charge in [-0.05, 0) is 41.2 Å². The van der Waals surface area contributed by atoms with Gasteiger partial charge in [0.15, 0.2) is 0 Å². The van der Waals surface area contributed by atoms with Crippen molar-refractivity contribution in [2.45, 2.75) is 36.7 Å². The minimum atomic E-state index is -5.97. The van der Waals surface area contributed by atoms with Crippen LogP contribution in [0.5, 0.6) is 0 Å². The molecule has 10 heteroatoms. The normalized spacial score (nSPS) is 18.2. The number of aliphatic hydroxyl groups is 1. The predicted molar refractivity (Wildman–Crippen MR) is 130 cm³/mol. The number of nitrogens with zero attached hydrogens (tertiary/aromatic N) is 2. The third kappa shape index (κ3) is 5.78. The summed E-state index contributed by atoms with van der Waals surface area (Å²) in [6.45, 7) is 0.584. The monoisotopic (exact) mass is 546 g/mol. The standard InChI is InChI=1S/C29H24F6N2O2/c30-28(31,32)27(39,29(33,34)35)24-12-10-22(11-13-24)25-18-37(17-23(25)14-19-4-2-1-3-5-19)26(38)15-20-6-8-21(16-36)9-7-20/h1-13,23,25,39H,14-15,17-18H2/t23-,25+/m1/s1. The molecule has 0 bridgehead atoms. The number of halogens is 6. The van der Waals surface area contributed by atoms with Crippen molar-refractivity contribution in [2.24, 2.45) is 5.92 Å². The largest absolute Gasteiger partial charge is 0.430 e. The van der Waals surface area contributed by atoms with Crippen molar-refractivity contribution in [2.75, 3.05) is 13.1 Å². The summed E-state index contributed by atoms with van der Waals surface area (Å²) in [4.78, 5) is 14.8. The molecule has 3 aromatic carbocycles. The third-order valence-electron chi connectivity index (χ3n) is 7.15. The Kier molecular flexibility index (Phi) is 7.75. The van der Waals surface area contributed by atoms with E-state index in [9.17, 15) is 36.2 Å². The molecule has 0 aromatic heterocycles. The van der Waals surface area contributed by atoms with Gasteiger partial charge in [-0.25, -0.2) is 0 Å². The van der Waals surface area contributed by atoms with Crippen LogP contribution in [-0.4, -0.2) is 41.4 Å². The lowest BCUT2D eigenvalue weighted by molar-refractivity contribution is -0.376. The molecule has 1 saturated heterocycles. The van der Waals surface area contributed by atoms with Crippen molar-refractivity contribution in [3.05, 3.63) is 107 Å². The maximum atomic E-state index is 13.3. The van der Waals surface area contributed by atoms with Gasteiger partial charge in [-0.15, -0.1) is 0 Å². The van der Waals surface area contributed by atoms with Crippen LogP contribution in [0.1, 0.15) is 33.7 Å². The number of carbonyl (C=O) groups excluding carboxylic acids is 1. The first kappa shape index (κ1) is 28.2. The highest BCUT2D eigenvalue weighted by atomic mass is 19.4. The van der Waals surface area contributed by atoms with E-state index in [0.29, 0.717) is 41.8 Å². The van der Waals surface area contributed by atoms with Crippen LogP contribution < -0.4 is 0 Å². The number of rotatable bonds is 6. The first-order valence-electron chi connectivity index (χ1n) is 12.1. The highest BCUT2D eigenvalue weighted by Crippen LogP contribution is 2.50. The fraction of sp³-hybridized carbons (Fsp3) is 0.310. The Morgan fingerprint density at radius 1 is 0.846 bits per heavy atom. The minimum absolute atomic E-state index is 0.0830. The van der Waals surface area contributed by atoms with Gasteiger partial charge in [0, 0.05) is 24.6 Å². The second-order valence-corrected chi connectivity index (χ2v) is 9.67. The number of alkyl halides is 6. The third-order valence-corrected chi connectivity index (χ3v) is 7.15. The van der Waals surface area contributed by atoms with Gasteiger partial charge in [0.2, 0.25) is 5.91 Å². The van der Waals surface area contributed by atoms with E-state index in [1.807, 2.05) is 36.4 Å². The average molecular weight is 547 g/mol. The highest BCUT2D eigenvalue weighted by Gasteiger charge is 2.71. The highest BCUT2D eigenvalue weighted by molar-refractivity contribution is 5.79. The first-order chi connectivity index (χ1) is 18.3. The fourth-order valence-corrected chi connectivity index (χ4v) is 5.02. The van der Waals surface area contributed by atoms with Crippen LogP contribution in [-0.2, 0) is 23.2 Å². The van der Waals surface area contributed by atoms with Crippen LogP contribution in [0.15, 0.2) is 78.9 Å². The Bertz CT molecular complexity index is 1320. The summed E-state index contributed by atoms with van der Waals surface area (Å²) in [6, 6.07) is 21.6. The number of likely N-dealkylation sites (tertiary alicyclic amines) is 1. The van der Waals surface area contributed by atoms with E-state index >= 15 is 0 Å². The maximum absolute atomic E-state index is 13.3. The van der Waals surface area contributed by atoms with E-state index in [1.165, 1.54) is 0 Å². The van der Waals surface area contributed by atoms with Crippen molar-refractivity contribution in [3.8, 4) is 6.07 Å². The van der Waals surface area contributed by atoms with Crippen molar-refractivity contribution in [1.29, 1.82) is 5.26 Å². The molecule has 1 heterocycles. The van der Waals surface area contributed by atoms with Gasteiger partial charge in [0.05, 0.1) is 18.1 Å². The van der Waals surface area contributed by atoms with Crippen LogP contribution in [0.25, 0.3) is 0 Å². The summed E-state index contributed by atoms with van der Waals surface area (Å²) in [5.74, 6) is -0.679. The Morgan fingerprint density at radius 3 is 1.97 bits per heavy atom. The quantitative estimate of drug-likeness (QED) is 0.392. The second-order valence-electron chi connectivity index (χ2n) is 9.67. The summed E-state index contributed by atoms with van der Waals surface area (Å²) in [5.41, 5.74) is -3.70.